The molecule has 0 aliphatic heterocycles. The van der Waals surface area contributed by atoms with Crippen LogP contribution in [0.15, 0.2) is 30.6 Å². The number of amides is 1. The third kappa shape index (κ3) is 2.64. The number of aromatic nitrogens is 2. The van der Waals surface area contributed by atoms with Crippen molar-refractivity contribution in [2.75, 3.05) is 0 Å². The first-order valence-electron chi connectivity index (χ1n) is 6.60. The normalized spacial score (nSPS) is 16.0. The number of fused-ring (bicyclic) bond motifs is 1. The van der Waals surface area contributed by atoms with Gasteiger partial charge in [0.25, 0.3) is 5.91 Å². The number of hydrogen-bond acceptors (Lipinski definition) is 3. The molecule has 2 heterocycles. The Morgan fingerprint density at radius 3 is 2.90 bits per heavy atom. The molecule has 2 aromatic rings. The smallest absolute Gasteiger partial charge is 0.305 e. The fraction of sp³-hybridized carbons (Fsp3) is 0.357. The maximum Gasteiger partial charge on any atom is 0.305 e. The second-order valence-corrected chi connectivity index (χ2v) is 5.11. The van der Waals surface area contributed by atoms with Crippen LogP contribution < -0.4 is 5.32 Å². The van der Waals surface area contributed by atoms with E-state index in [0.717, 1.165) is 12.8 Å². The SMILES string of the molecule is O=C(O)CC(NC(=O)c1cn2ccccc2n1)C1CC1. The zero-order valence-corrected chi connectivity index (χ0v) is 10.8. The Labute approximate surface area is 115 Å². The Morgan fingerprint density at radius 2 is 2.25 bits per heavy atom. The third-order valence-electron chi connectivity index (χ3n) is 3.50. The zero-order valence-electron chi connectivity index (χ0n) is 10.8. The van der Waals surface area contributed by atoms with Gasteiger partial charge in [0.15, 0.2) is 0 Å². The molecular formula is C14H15N3O3. The number of carboxylic acids is 1. The van der Waals surface area contributed by atoms with Crippen molar-refractivity contribution in [3.63, 3.8) is 0 Å². The van der Waals surface area contributed by atoms with E-state index in [0.29, 0.717) is 11.3 Å². The molecule has 104 valence electrons. The monoisotopic (exact) mass is 273 g/mol. The van der Waals surface area contributed by atoms with E-state index >= 15 is 0 Å². The number of aliphatic carboxylic acids is 1. The first-order chi connectivity index (χ1) is 9.63. The van der Waals surface area contributed by atoms with Crippen LogP contribution in [-0.4, -0.2) is 32.4 Å². The molecule has 6 nitrogen and oxygen atoms in total. The fourth-order valence-electron chi connectivity index (χ4n) is 2.31. The standard InChI is InChI=1S/C14H15N3O3/c18-13(19)7-10(9-4-5-9)16-14(20)11-8-17-6-2-1-3-12(17)15-11/h1-3,6,8-10H,4-5,7H2,(H,16,20)(H,18,19). The molecule has 1 atom stereocenters. The lowest BCUT2D eigenvalue weighted by molar-refractivity contribution is -0.137. The minimum absolute atomic E-state index is 0.0379. The molecule has 1 aliphatic rings. The summed E-state index contributed by atoms with van der Waals surface area (Å²) in [6.45, 7) is 0. The fourth-order valence-corrected chi connectivity index (χ4v) is 2.31. The van der Waals surface area contributed by atoms with Crippen molar-refractivity contribution in [1.29, 1.82) is 0 Å². The predicted octanol–water partition coefficient (Wildman–Crippen LogP) is 1.32. The van der Waals surface area contributed by atoms with E-state index < -0.39 is 5.97 Å². The van der Waals surface area contributed by atoms with Gasteiger partial charge in [-0.05, 0) is 30.9 Å². The van der Waals surface area contributed by atoms with Gasteiger partial charge in [0.05, 0.1) is 6.42 Å². The largest absolute Gasteiger partial charge is 0.481 e. The van der Waals surface area contributed by atoms with E-state index in [4.69, 9.17) is 5.11 Å². The van der Waals surface area contributed by atoms with E-state index in [2.05, 4.69) is 10.3 Å². The number of nitrogens with zero attached hydrogens (tertiary/aromatic N) is 2. The molecule has 0 spiro atoms. The highest BCUT2D eigenvalue weighted by molar-refractivity contribution is 5.93. The van der Waals surface area contributed by atoms with E-state index in [-0.39, 0.29) is 24.3 Å². The summed E-state index contributed by atoms with van der Waals surface area (Å²) < 4.78 is 1.76. The van der Waals surface area contributed by atoms with Crippen LogP contribution in [0.2, 0.25) is 0 Å². The maximum atomic E-state index is 12.2. The number of rotatable bonds is 5. The van der Waals surface area contributed by atoms with Crippen LogP contribution in [0.1, 0.15) is 29.8 Å². The summed E-state index contributed by atoms with van der Waals surface area (Å²) in [5.74, 6) is -0.920. The van der Waals surface area contributed by atoms with Crippen molar-refractivity contribution in [2.24, 2.45) is 5.92 Å². The summed E-state index contributed by atoms with van der Waals surface area (Å²) in [6.07, 6.45) is 5.38. The van der Waals surface area contributed by atoms with Gasteiger partial charge in [0.1, 0.15) is 11.3 Å². The summed E-state index contributed by atoms with van der Waals surface area (Å²) in [4.78, 5) is 27.2. The predicted molar refractivity (Wildman–Crippen MR) is 71.4 cm³/mol. The van der Waals surface area contributed by atoms with Crippen molar-refractivity contribution in [3.05, 3.63) is 36.3 Å². The van der Waals surface area contributed by atoms with Crippen LogP contribution in [0, 0.1) is 5.92 Å². The first-order valence-corrected chi connectivity index (χ1v) is 6.60. The molecule has 2 N–H and O–H groups in total. The summed E-state index contributed by atoms with van der Waals surface area (Å²) >= 11 is 0. The highest BCUT2D eigenvalue weighted by Crippen LogP contribution is 2.34. The summed E-state index contributed by atoms with van der Waals surface area (Å²) in [6, 6.07) is 5.21. The van der Waals surface area contributed by atoms with Gasteiger partial charge in [0, 0.05) is 18.4 Å². The Bertz CT molecular complexity index is 627. The summed E-state index contributed by atoms with van der Waals surface area (Å²) in [5, 5.41) is 11.7. The number of nitrogens with one attached hydrogen (secondary N) is 1. The van der Waals surface area contributed by atoms with Crippen LogP contribution in [0.4, 0.5) is 0 Å². The molecule has 6 heteroatoms. The maximum absolute atomic E-state index is 12.2. The van der Waals surface area contributed by atoms with E-state index in [1.54, 1.807) is 10.6 Å². The topological polar surface area (TPSA) is 83.7 Å². The van der Waals surface area contributed by atoms with Gasteiger partial charge >= 0.3 is 5.97 Å². The average Bonchev–Trinajstić information content (AvgIpc) is 3.16. The lowest BCUT2D eigenvalue weighted by Gasteiger charge is -2.15. The molecule has 1 unspecified atom stereocenters. The quantitative estimate of drug-likeness (QED) is 0.860. The highest BCUT2D eigenvalue weighted by atomic mass is 16.4. The molecule has 2 aromatic heterocycles. The molecule has 0 saturated heterocycles. The van der Waals surface area contributed by atoms with Gasteiger partial charge in [-0.25, -0.2) is 4.98 Å². The molecule has 1 amide bonds. The zero-order chi connectivity index (χ0) is 14.1. The molecule has 1 saturated carbocycles. The molecule has 0 bridgehead atoms. The lowest BCUT2D eigenvalue weighted by Crippen LogP contribution is -2.38. The third-order valence-corrected chi connectivity index (χ3v) is 3.50. The number of imidazole rings is 1. The molecule has 0 radical (unpaired) electrons. The average molecular weight is 273 g/mol. The minimum Gasteiger partial charge on any atom is -0.481 e. The number of hydrogen-bond donors (Lipinski definition) is 2. The number of pyridine rings is 1. The molecule has 1 aliphatic carbocycles. The van der Waals surface area contributed by atoms with E-state index in [9.17, 15) is 9.59 Å². The Morgan fingerprint density at radius 1 is 1.45 bits per heavy atom. The van der Waals surface area contributed by atoms with Gasteiger partial charge in [0.2, 0.25) is 0 Å². The highest BCUT2D eigenvalue weighted by Gasteiger charge is 2.34. The van der Waals surface area contributed by atoms with Crippen molar-refractivity contribution >= 4 is 17.5 Å². The first kappa shape index (κ1) is 12.7. The lowest BCUT2D eigenvalue weighted by atomic mass is 10.1. The number of carbonyl (C=O) groups is 2. The summed E-state index contributed by atoms with van der Waals surface area (Å²) in [5.41, 5.74) is 1.01. The number of carboxylic acid groups (broad SMARTS) is 1. The molecular weight excluding hydrogens is 258 g/mol. The van der Waals surface area contributed by atoms with Crippen LogP contribution in [0.5, 0.6) is 0 Å². The molecule has 1 fully saturated rings. The van der Waals surface area contributed by atoms with Crippen molar-refractivity contribution < 1.29 is 14.7 Å². The molecule has 3 rings (SSSR count). The Kier molecular flexibility index (Phi) is 3.14. The number of carbonyl (C=O) groups excluding carboxylic acids is 1. The van der Waals surface area contributed by atoms with Gasteiger partial charge in [-0.1, -0.05) is 6.07 Å². The van der Waals surface area contributed by atoms with Crippen LogP contribution in [-0.2, 0) is 4.79 Å². The van der Waals surface area contributed by atoms with Crippen LogP contribution in [0.3, 0.4) is 0 Å². The van der Waals surface area contributed by atoms with Crippen molar-refractivity contribution in [3.8, 4) is 0 Å². The molecule has 20 heavy (non-hydrogen) atoms. The van der Waals surface area contributed by atoms with Crippen LogP contribution >= 0.6 is 0 Å². The van der Waals surface area contributed by atoms with Gasteiger partial charge in [-0.3, -0.25) is 9.59 Å². The van der Waals surface area contributed by atoms with E-state index in [1.807, 2.05) is 24.4 Å². The second kappa shape index (κ2) is 4.96. The molecule has 0 aromatic carbocycles. The summed E-state index contributed by atoms with van der Waals surface area (Å²) in [7, 11) is 0. The Balaban J connectivity index is 1.75. The van der Waals surface area contributed by atoms with Gasteiger partial charge in [-0.2, -0.15) is 0 Å². The van der Waals surface area contributed by atoms with Crippen molar-refractivity contribution in [2.45, 2.75) is 25.3 Å². The van der Waals surface area contributed by atoms with Crippen molar-refractivity contribution in [1.82, 2.24) is 14.7 Å². The van der Waals surface area contributed by atoms with E-state index in [1.165, 1.54) is 0 Å². The van der Waals surface area contributed by atoms with Crippen LogP contribution in [0.25, 0.3) is 5.65 Å². The minimum atomic E-state index is -0.891. The van der Waals surface area contributed by atoms with Gasteiger partial charge < -0.3 is 14.8 Å². The van der Waals surface area contributed by atoms with Gasteiger partial charge in [-0.15, -0.1) is 0 Å². The second-order valence-electron chi connectivity index (χ2n) is 5.11. The Hall–Kier alpha value is -2.37.